The van der Waals surface area contributed by atoms with Gasteiger partial charge < -0.3 is 15.0 Å². The van der Waals surface area contributed by atoms with Crippen LogP contribution < -0.4 is 10.2 Å². The number of rotatable bonds is 6. The molecular weight excluding hydrogens is 252 g/mol. The fourth-order valence-electron chi connectivity index (χ4n) is 2.85. The Balaban J connectivity index is 2.13. The number of nitrogens with one attached hydrogen (secondary N) is 1. The van der Waals surface area contributed by atoms with Gasteiger partial charge in [-0.3, -0.25) is 0 Å². The average molecular weight is 278 g/mol. The molecule has 112 valence electrons. The fourth-order valence-corrected chi connectivity index (χ4v) is 2.85. The number of hydrogen-bond donors (Lipinski definition) is 1. The van der Waals surface area contributed by atoms with Gasteiger partial charge in [-0.2, -0.15) is 0 Å². The Bertz CT molecular complexity index is 418. The Morgan fingerprint density at radius 1 is 1.45 bits per heavy atom. The molecule has 0 aromatic carbocycles. The van der Waals surface area contributed by atoms with Crippen LogP contribution in [0.15, 0.2) is 6.33 Å². The van der Waals surface area contributed by atoms with Crippen LogP contribution in [-0.4, -0.2) is 43.8 Å². The van der Waals surface area contributed by atoms with Gasteiger partial charge in [-0.1, -0.05) is 13.3 Å². The van der Waals surface area contributed by atoms with E-state index in [1.54, 1.807) is 6.33 Å². The van der Waals surface area contributed by atoms with E-state index in [2.05, 4.69) is 34.2 Å². The van der Waals surface area contributed by atoms with E-state index in [0.29, 0.717) is 5.92 Å². The third-order valence-electron chi connectivity index (χ3n) is 3.81. The van der Waals surface area contributed by atoms with Gasteiger partial charge >= 0.3 is 0 Å². The first kappa shape index (κ1) is 15.0. The van der Waals surface area contributed by atoms with E-state index in [1.807, 2.05) is 7.05 Å². The molecule has 2 rings (SSSR count). The molecule has 1 atom stereocenters. The summed E-state index contributed by atoms with van der Waals surface area (Å²) in [6.45, 7) is 4.97. The summed E-state index contributed by atoms with van der Waals surface area (Å²) in [7, 11) is 4.04. The zero-order valence-electron chi connectivity index (χ0n) is 12.9. The van der Waals surface area contributed by atoms with Crippen molar-refractivity contribution in [2.45, 2.75) is 32.6 Å². The Morgan fingerprint density at radius 2 is 2.30 bits per heavy atom. The predicted molar refractivity (Wildman–Crippen MR) is 82.4 cm³/mol. The van der Waals surface area contributed by atoms with Gasteiger partial charge in [-0.05, 0) is 25.2 Å². The molecule has 1 unspecified atom stereocenters. The summed E-state index contributed by atoms with van der Waals surface area (Å²) < 4.78 is 5.57. The lowest BCUT2D eigenvalue weighted by Crippen LogP contribution is -2.32. The van der Waals surface area contributed by atoms with Crippen LogP contribution >= 0.6 is 0 Å². The van der Waals surface area contributed by atoms with Crippen LogP contribution in [0.2, 0.25) is 0 Å². The Morgan fingerprint density at radius 3 is 2.95 bits per heavy atom. The minimum absolute atomic E-state index is 0.608. The van der Waals surface area contributed by atoms with E-state index in [-0.39, 0.29) is 0 Å². The van der Waals surface area contributed by atoms with Crippen molar-refractivity contribution in [1.29, 1.82) is 0 Å². The molecule has 0 bridgehead atoms. The molecule has 1 aromatic rings. The minimum atomic E-state index is 0.608. The van der Waals surface area contributed by atoms with E-state index < -0.39 is 0 Å². The van der Waals surface area contributed by atoms with Crippen LogP contribution in [0.5, 0.6) is 0 Å². The fraction of sp³-hybridized carbons (Fsp3) is 0.733. The van der Waals surface area contributed by atoms with Gasteiger partial charge in [0, 0.05) is 32.8 Å². The first-order valence-corrected chi connectivity index (χ1v) is 7.56. The molecule has 1 fully saturated rings. The zero-order valence-corrected chi connectivity index (χ0v) is 12.9. The first-order valence-electron chi connectivity index (χ1n) is 7.56. The molecular formula is C15H26N4O. The third kappa shape index (κ3) is 3.60. The number of hydrogen-bond acceptors (Lipinski definition) is 5. The van der Waals surface area contributed by atoms with E-state index in [4.69, 9.17) is 4.74 Å². The van der Waals surface area contributed by atoms with E-state index in [1.165, 1.54) is 18.4 Å². The molecule has 2 heterocycles. The summed E-state index contributed by atoms with van der Waals surface area (Å²) in [6.07, 6.45) is 6.16. The smallest absolute Gasteiger partial charge is 0.137 e. The van der Waals surface area contributed by atoms with Crippen molar-refractivity contribution in [2.24, 2.45) is 5.92 Å². The second kappa shape index (κ2) is 7.43. The van der Waals surface area contributed by atoms with Crippen LogP contribution in [0.25, 0.3) is 0 Å². The van der Waals surface area contributed by atoms with Gasteiger partial charge in [0.15, 0.2) is 0 Å². The average Bonchev–Trinajstić information content (AvgIpc) is 2.48. The lowest BCUT2D eigenvalue weighted by atomic mass is 10.0. The van der Waals surface area contributed by atoms with Crippen molar-refractivity contribution in [3.8, 4) is 0 Å². The van der Waals surface area contributed by atoms with Crippen LogP contribution in [0.1, 0.15) is 31.7 Å². The van der Waals surface area contributed by atoms with E-state index in [9.17, 15) is 0 Å². The van der Waals surface area contributed by atoms with Gasteiger partial charge in [-0.25, -0.2) is 9.97 Å². The number of anilines is 2. The highest BCUT2D eigenvalue weighted by Gasteiger charge is 2.19. The lowest BCUT2D eigenvalue weighted by Gasteiger charge is -2.29. The van der Waals surface area contributed by atoms with E-state index >= 15 is 0 Å². The molecule has 5 heteroatoms. The van der Waals surface area contributed by atoms with Crippen molar-refractivity contribution in [1.82, 2.24) is 9.97 Å². The van der Waals surface area contributed by atoms with Gasteiger partial charge in [-0.15, -0.1) is 0 Å². The molecule has 1 aliphatic heterocycles. The van der Waals surface area contributed by atoms with Crippen molar-refractivity contribution in [3.05, 3.63) is 11.9 Å². The summed E-state index contributed by atoms with van der Waals surface area (Å²) in [5.74, 6) is 2.61. The Kier molecular flexibility index (Phi) is 5.59. The van der Waals surface area contributed by atoms with Crippen molar-refractivity contribution < 1.29 is 4.74 Å². The molecule has 1 aromatic heterocycles. The third-order valence-corrected chi connectivity index (χ3v) is 3.81. The topological polar surface area (TPSA) is 50.3 Å². The second-order valence-electron chi connectivity index (χ2n) is 5.49. The quantitative estimate of drug-likeness (QED) is 0.865. The summed E-state index contributed by atoms with van der Waals surface area (Å²) in [5.41, 5.74) is 1.22. The van der Waals surface area contributed by atoms with E-state index in [0.717, 1.165) is 44.2 Å². The molecule has 0 spiro atoms. The second-order valence-corrected chi connectivity index (χ2v) is 5.49. The number of ether oxygens (including phenoxy) is 1. The summed E-state index contributed by atoms with van der Waals surface area (Å²) in [4.78, 5) is 11.1. The minimum Gasteiger partial charge on any atom is -0.381 e. The SMILES string of the molecule is CCCc1c(NC)ncnc1N(C)CC1CCCOC1. The molecule has 1 N–H and O–H groups in total. The predicted octanol–water partition coefficient (Wildman–Crippen LogP) is 2.33. The summed E-state index contributed by atoms with van der Waals surface area (Å²) in [6, 6.07) is 0. The molecule has 1 saturated heterocycles. The maximum absolute atomic E-state index is 5.57. The van der Waals surface area contributed by atoms with Gasteiger partial charge in [0.2, 0.25) is 0 Å². The molecule has 0 amide bonds. The standard InChI is InChI=1S/C15H26N4O/c1-4-6-13-14(16-2)17-11-18-15(13)19(3)9-12-7-5-8-20-10-12/h11-12H,4-10H2,1-3H3,(H,16,17,18). The van der Waals surface area contributed by atoms with Crippen LogP contribution in [-0.2, 0) is 11.2 Å². The number of nitrogens with zero attached hydrogens (tertiary/aromatic N) is 3. The monoisotopic (exact) mass is 278 g/mol. The first-order chi connectivity index (χ1) is 9.76. The van der Waals surface area contributed by atoms with Gasteiger partial charge in [0.05, 0.1) is 6.61 Å². The van der Waals surface area contributed by atoms with Gasteiger partial charge in [0.25, 0.3) is 0 Å². The highest BCUT2D eigenvalue weighted by molar-refractivity contribution is 5.58. The molecule has 0 radical (unpaired) electrons. The normalized spacial score (nSPS) is 18.9. The van der Waals surface area contributed by atoms with Crippen LogP contribution in [0.4, 0.5) is 11.6 Å². The van der Waals surface area contributed by atoms with Crippen LogP contribution in [0, 0.1) is 5.92 Å². The Labute approximate surface area is 121 Å². The molecule has 5 nitrogen and oxygen atoms in total. The molecule has 0 saturated carbocycles. The molecule has 20 heavy (non-hydrogen) atoms. The largest absolute Gasteiger partial charge is 0.381 e. The molecule has 0 aliphatic carbocycles. The number of aromatic nitrogens is 2. The summed E-state index contributed by atoms with van der Waals surface area (Å²) >= 11 is 0. The summed E-state index contributed by atoms with van der Waals surface area (Å²) in [5, 5.41) is 3.18. The lowest BCUT2D eigenvalue weighted by molar-refractivity contribution is 0.0576. The maximum Gasteiger partial charge on any atom is 0.137 e. The molecule has 1 aliphatic rings. The zero-order chi connectivity index (χ0) is 14.4. The van der Waals surface area contributed by atoms with Crippen LogP contribution in [0.3, 0.4) is 0 Å². The van der Waals surface area contributed by atoms with Crippen molar-refractivity contribution in [2.75, 3.05) is 44.1 Å². The van der Waals surface area contributed by atoms with Crippen molar-refractivity contribution >= 4 is 11.6 Å². The van der Waals surface area contributed by atoms with Crippen molar-refractivity contribution in [3.63, 3.8) is 0 Å². The Hall–Kier alpha value is -1.36. The highest BCUT2D eigenvalue weighted by Crippen LogP contribution is 2.25. The maximum atomic E-state index is 5.57. The van der Waals surface area contributed by atoms with Gasteiger partial charge in [0.1, 0.15) is 18.0 Å². The highest BCUT2D eigenvalue weighted by atomic mass is 16.5.